The van der Waals surface area contributed by atoms with E-state index in [4.69, 9.17) is 4.74 Å². The molecule has 0 aromatic carbocycles. The Hall–Kier alpha value is -0.260. The summed E-state index contributed by atoms with van der Waals surface area (Å²) in [4.78, 5) is 11.2. The van der Waals surface area contributed by atoms with E-state index in [0.29, 0.717) is 10.5 Å². The first-order chi connectivity index (χ1) is 7.16. The quantitative estimate of drug-likeness (QED) is 0.746. The predicted molar refractivity (Wildman–Crippen MR) is 59.3 cm³/mol. The fourth-order valence-electron chi connectivity index (χ4n) is 2.21. The maximum Gasteiger partial charge on any atom is 0.323 e. The largest absolute Gasteiger partial charge is 0.480 e. The van der Waals surface area contributed by atoms with Crippen LogP contribution in [0.3, 0.4) is 0 Å². The molecule has 4 nitrogen and oxygen atoms in total. The van der Waals surface area contributed by atoms with Crippen LogP contribution in [0.4, 0.5) is 0 Å². The Labute approximate surface area is 93.8 Å². The van der Waals surface area contributed by atoms with Crippen LogP contribution in [0.2, 0.25) is 0 Å². The maximum absolute atomic E-state index is 11.2. The molecule has 0 radical (unpaired) electrons. The number of nitrogens with one attached hydrogen (secondary N) is 1. The first-order valence-corrected chi connectivity index (χ1v) is 6.26. The van der Waals surface area contributed by atoms with Crippen molar-refractivity contribution in [2.24, 2.45) is 0 Å². The maximum atomic E-state index is 11.2. The lowest BCUT2D eigenvalue weighted by molar-refractivity contribution is -0.144. The highest BCUT2D eigenvalue weighted by atomic mass is 32.2. The molecular weight excluding hydrogens is 214 g/mol. The number of hydrogen-bond acceptors (Lipinski definition) is 4. The zero-order chi connectivity index (χ0) is 10.9. The van der Waals surface area contributed by atoms with Crippen molar-refractivity contribution < 1.29 is 14.6 Å². The molecule has 1 saturated heterocycles. The monoisotopic (exact) mass is 231 g/mol. The van der Waals surface area contributed by atoms with Gasteiger partial charge in [0.1, 0.15) is 5.54 Å². The van der Waals surface area contributed by atoms with E-state index < -0.39 is 11.5 Å². The Morgan fingerprint density at radius 3 is 2.67 bits per heavy atom. The Morgan fingerprint density at radius 2 is 2.27 bits per heavy atom. The molecule has 2 N–H and O–H groups in total. The Balaban J connectivity index is 1.89. The van der Waals surface area contributed by atoms with E-state index >= 15 is 0 Å². The fourth-order valence-corrected chi connectivity index (χ4v) is 3.74. The van der Waals surface area contributed by atoms with Gasteiger partial charge in [0.15, 0.2) is 0 Å². The van der Waals surface area contributed by atoms with Crippen molar-refractivity contribution in [1.82, 2.24) is 5.32 Å². The molecule has 86 valence electrons. The Morgan fingerprint density at radius 1 is 1.53 bits per heavy atom. The first-order valence-electron chi connectivity index (χ1n) is 5.32. The third-order valence-corrected chi connectivity index (χ3v) is 4.79. The van der Waals surface area contributed by atoms with Crippen LogP contribution in [-0.2, 0) is 9.53 Å². The van der Waals surface area contributed by atoms with Gasteiger partial charge in [-0.05, 0) is 26.3 Å². The molecule has 1 heterocycles. The average molecular weight is 231 g/mol. The van der Waals surface area contributed by atoms with Gasteiger partial charge in [0.25, 0.3) is 0 Å². The van der Waals surface area contributed by atoms with E-state index in [1.807, 2.05) is 11.8 Å². The van der Waals surface area contributed by atoms with Gasteiger partial charge in [-0.3, -0.25) is 4.79 Å². The topological polar surface area (TPSA) is 58.6 Å². The molecule has 2 unspecified atom stereocenters. The summed E-state index contributed by atoms with van der Waals surface area (Å²) in [6.07, 6.45) is 2.47. The summed E-state index contributed by atoms with van der Waals surface area (Å²) >= 11 is 1.90. The molecule has 15 heavy (non-hydrogen) atoms. The molecule has 2 aliphatic rings. The van der Waals surface area contributed by atoms with Crippen molar-refractivity contribution >= 4 is 17.7 Å². The number of carbonyl (C=O) groups is 1. The molecule has 0 amide bonds. The molecule has 0 aromatic heterocycles. The van der Waals surface area contributed by atoms with Crippen molar-refractivity contribution in [3.05, 3.63) is 0 Å². The molecule has 5 heteroatoms. The van der Waals surface area contributed by atoms with Crippen LogP contribution in [0.15, 0.2) is 0 Å². The van der Waals surface area contributed by atoms with E-state index in [2.05, 4.69) is 5.32 Å². The molecule has 2 atom stereocenters. The minimum atomic E-state index is -0.710. The summed E-state index contributed by atoms with van der Waals surface area (Å²) in [5.41, 5.74) is -0.678. The van der Waals surface area contributed by atoms with Crippen LogP contribution in [-0.4, -0.2) is 47.4 Å². The number of rotatable bonds is 4. The smallest absolute Gasteiger partial charge is 0.323 e. The van der Waals surface area contributed by atoms with Gasteiger partial charge in [-0.25, -0.2) is 0 Å². The van der Waals surface area contributed by atoms with E-state index in [1.54, 1.807) is 7.05 Å². The van der Waals surface area contributed by atoms with Crippen molar-refractivity contribution in [3.8, 4) is 0 Å². The van der Waals surface area contributed by atoms with Crippen LogP contribution in [0, 0.1) is 0 Å². The normalized spacial score (nSPS) is 36.5. The molecular formula is C10H17NO3S. The summed E-state index contributed by atoms with van der Waals surface area (Å²) in [5, 5.41) is 13.2. The van der Waals surface area contributed by atoms with Gasteiger partial charge in [-0.15, -0.1) is 0 Å². The third kappa shape index (κ3) is 2.14. The van der Waals surface area contributed by atoms with Crippen molar-refractivity contribution in [1.29, 1.82) is 0 Å². The van der Waals surface area contributed by atoms with E-state index in [-0.39, 0.29) is 0 Å². The van der Waals surface area contributed by atoms with Crippen LogP contribution in [0.5, 0.6) is 0 Å². The lowest BCUT2D eigenvalue weighted by atomic mass is 9.99. The number of ether oxygens (including phenoxy) is 1. The summed E-state index contributed by atoms with van der Waals surface area (Å²) in [5.74, 6) is -0.710. The summed E-state index contributed by atoms with van der Waals surface area (Å²) in [7, 11) is 1.74. The summed E-state index contributed by atoms with van der Waals surface area (Å²) in [6.45, 7) is 1.67. The van der Waals surface area contributed by atoms with Crippen molar-refractivity contribution in [2.45, 2.75) is 35.3 Å². The third-order valence-electron chi connectivity index (χ3n) is 3.35. The molecule has 0 bridgehead atoms. The highest BCUT2D eigenvalue weighted by Gasteiger charge is 2.45. The molecule has 2 fully saturated rings. The molecule has 1 aliphatic heterocycles. The van der Waals surface area contributed by atoms with Crippen LogP contribution >= 0.6 is 11.8 Å². The Kier molecular flexibility index (Phi) is 3.23. The highest BCUT2D eigenvalue weighted by molar-refractivity contribution is 8.00. The number of aliphatic carboxylic acids is 1. The Bertz CT molecular complexity index is 257. The number of carboxylic acid groups (broad SMARTS) is 1. The average Bonchev–Trinajstić information content (AvgIpc) is 2.56. The predicted octanol–water partition coefficient (Wildman–Crippen LogP) is 0.714. The summed E-state index contributed by atoms with van der Waals surface area (Å²) in [6, 6.07) is 0. The van der Waals surface area contributed by atoms with Crippen LogP contribution in [0.1, 0.15) is 19.3 Å². The lowest BCUT2D eigenvalue weighted by Gasteiger charge is -2.29. The first kappa shape index (κ1) is 11.2. The minimum absolute atomic E-state index is 0.474. The van der Waals surface area contributed by atoms with E-state index in [0.717, 1.165) is 32.5 Å². The standard InChI is InChI=1S/C10H17NO3S/c1-11-10(9(12)13)3-2-7(4-10)15-8-5-14-6-8/h7-8,11H,2-6H2,1H3,(H,12,13). The van der Waals surface area contributed by atoms with Crippen LogP contribution < -0.4 is 5.32 Å². The SMILES string of the molecule is CNC1(C(=O)O)CCC(SC2COC2)C1. The molecule has 2 rings (SSSR count). The van der Waals surface area contributed by atoms with Gasteiger partial charge < -0.3 is 15.2 Å². The number of thioether (sulfide) groups is 1. The lowest BCUT2D eigenvalue weighted by Crippen LogP contribution is -2.48. The van der Waals surface area contributed by atoms with Gasteiger partial charge in [0, 0.05) is 5.25 Å². The number of carboxylic acids is 1. The van der Waals surface area contributed by atoms with Crippen molar-refractivity contribution in [3.63, 3.8) is 0 Å². The van der Waals surface area contributed by atoms with E-state index in [1.165, 1.54) is 0 Å². The van der Waals surface area contributed by atoms with E-state index in [9.17, 15) is 9.90 Å². The minimum Gasteiger partial charge on any atom is -0.480 e. The molecule has 1 aliphatic carbocycles. The van der Waals surface area contributed by atoms with Crippen molar-refractivity contribution in [2.75, 3.05) is 20.3 Å². The van der Waals surface area contributed by atoms with Gasteiger partial charge in [-0.2, -0.15) is 11.8 Å². The number of likely N-dealkylation sites (N-methyl/N-ethyl adjacent to an activating group) is 1. The van der Waals surface area contributed by atoms with Gasteiger partial charge in [0.2, 0.25) is 0 Å². The molecule has 0 spiro atoms. The zero-order valence-corrected chi connectivity index (χ0v) is 9.68. The van der Waals surface area contributed by atoms with Gasteiger partial charge >= 0.3 is 5.97 Å². The van der Waals surface area contributed by atoms with Crippen LogP contribution in [0.25, 0.3) is 0 Å². The second kappa shape index (κ2) is 4.31. The number of hydrogen-bond donors (Lipinski definition) is 2. The zero-order valence-electron chi connectivity index (χ0n) is 8.86. The fraction of sp³-hybridized carbons (Fsp3) is 0.900. The molecule has 1 saturated carbocycles. The highest BCUT2D eigenvalue weighted by Crippen LogP contribution is 2.40. The molecule has 0 aromatic rings. The van der Waals surface area contributed by atoms with Gasteiger partial charge in [-0.1, -0.05) is 0 Å². The second-order valence-corrected chi connectivity index (χ2v) is 5.90. The second-order valence-electron chi connectivity index (χ2n) is 4.30. The summed E-state index contributed by atoms with van der Waals surface area (Å²) < 4.78 is 5.12. The van der Waals surface area contributed by atoms with Gasteiger partial charge in [0.05, 0.1) is 18.5 Å².